The van der Waals surface area contributed by atoms with Gasteiger partial charge in [0.15, 0.2) is 0 Å². The quantitative estimate of drug-likeness (QED) is 0.865. The standard InChI is InChI=1S/C14H22N2O/c1-10-7-13(10)14-4-3-12(17-14)9-16(2)11-5-6-15-8-11/h3-4,10-11,13,15H,5-9H2,1-2H3. The Morgan fingerprint density at radius 1 is 1.47 bits per heavy atom. The Bertz CT molecular complexity index is 381. The van der Waals surface area contributed by atoms with Crippen molar-refractivity contribution in [3.05, 3.63) is 23.7 Å². The molecule has 0 bridgehead atoms. The first kappa shape index (κ1) is 11.3. The van der Waals surface area contributed by atoms with Gasteiger partial charge in [0.05, 0.1) is 6.54 Å². The van der Waals surface area contributed by atoms with Crippen molar-refractivity contribution in [3.63, 3.8) is 0 Å². The van der Waals surface area contributed by atoms with Crippen molar-refractivity contribution in [3.8, 4) is 0 Å². The predicted molar refractivity (Wildman–Crippen MR) is 68.0 cm³/mol. The fourth-order valence-corrected chi connectivity index (χ4v) is 2.79. The predicted octanol–water partition coefficient (Wildman–Crippen LogP) is 2.20. The summed E-state index contributed by atoms with van der Waals surface area (Å²) in [6, 6.07) is 4.99. The molecule has 0 spiro atoms. The Balaban J connectivity index is 1.58. The minimum absolute atomic E-state index is 0.670. The van der Waals surface area contributed by atoms with E-state index >= 15 is 0 Å². The fourth-order valence-electron chi connectivity index (χ4n) is 2.79. The van der Waals surface area contributed by atoms with Crippen molar-refractivity contribution in [2.45, 2.75) is 38.3 Å². The van der Waals surface area contributed by atoms with Crippen molar-refractivity contribution in [2.75, 3.05) is 20.1 Å². The fraction of sp³-hybridized carbons (Fsp3) is 0.714. The van der Waals surface area contributed by atoms with Crippen molar-refractivity contribution in [2.24, 2.45) is 5.92 Å². The van der Waals surface area contributed by atoms with Gasteiger partial charge in [-0.2, -0.15) is 0 Å². The zero-order valence-electron chi connectivity index (χ0n) is 10.8. The van der Waals surface area contributed by atoms with E-state index in [1.165, 1.54) is 18.6 Å². The maximum atomic E-state index is 5.95. The van der Waals surface area contributed by atoms with E-state index in [9.17, 15) is 0 Å². The topological polar surface area (TPSA) is 28.4 Å². The highest BCUT2D eigenvalue weighted by atomic mass is 16.3. The van der Waals surface area contributed by atoms with Crippen molar-refractivity contribution in [1.29, 1.82) is 0 Å². The molecule has 3 unspecified atom stereocenters. The molecule has 1 aliphatic heterocycles. The van der Waals surface area contributed by atoms with Crippen LogP contribution in [-0.2, 0) is 6.54 Å². The minimum Gasteiger partial charge on any atom is -0.464 e. The van der Waals surface area contributed by atoms with Crippen LogP contribution in [0.4, 0.5) is 0 Å². The van der Waals surface area contributed by atoms with Crippen LogP contribution >= 0.6 is 0 Å². The molecule has 1 aromatic rings. The molecule has 2 aliphatic rings. The Hall–Kier alpha value is -0.800. The van der Waals surface area contributed by atoms with Gasteiger partial charge in [0.2, 0.25) is 0 Å². The van der Waals surface area contributed by atoms with Crippen LogP contribution in [0.3, 0.4) is 0 Å². The lowest BCUT2D eigenvalue weighted by molar-refractivity contribution is 0.227. The lowest BCUT2D eigenvalue weighted by Gasteiger charge is -2.21. The summed E-state index contributed by atoms with van der Waals surface area (Å²) in [5.74, 6) is 3.84. The van der Waals surface area contributed by atoms with Gasteiger partial charge in [-0.1, -0.05) is 6.92 Å². The van der Waals surface area contributed by atoms with Crippen LogP contribution in [0.2, 0.25) is 0 Å². The molecule has 3 atom stereocenters. The molecule has 3 nitrogen and oxygen atoms in total. The monoisotopic (exact) mass is 234 g/mol. The van der Waals surface area contributed by atoms with E-state index in [0.29, 0.717) is 12.0 Å². The summed E-state index contributed by atoms with van der Waals surface area (Å²) in [6.45, 7) is 5.50. The molecule has 3 heteroatoms. The van der Waals surface area contributed by atoms with Gasteiger partial charge in [0.1, 0.15) is 11.5 Å². The second-order valence-corrected chi connectivity index (χ2v) is 5.69. The minimum atomic E-state index is 0.670. The third kappa shape index (κ3) is 2.40. The number of hydrogen-bond acceptors (Lipinski definition) is 3. The third-order valence-electron chi connectivity index (χ3n) is 4.22. The SMILES string of the molecule is CC1CC1c1ccc(CN(C)C2CCNC2)o1. The number of nitrogens with one attached hydrogen (secondary N) is 1. The number of hydrogen-bond donors (Lipinski definition) is 1. The molecule has 0 aromatic carbocycles. The van der Waals surface area contributed by atoms with Gasteiger partial charge in [-0.25, -0.2) is 0 Å². The average Bonchev–Trinajstić information content (AvgIpc) is 2.79. The van der Waals surface area contributed by atoms with E-state index in [4.69, 9.17) is 4.42 Å². The van der Waals surface area contributed by atoms with Crippen LogP contribution in [0, 0.1) is 5.92 Å². The smallest absolute Gasteiger partial charge is 0.118 e. The molecule has 1 aromatic heterocycles. The van der Waals surface area contributed by atoms with Crippen LogP contribution in [0.5, 0.6) is 0 Å². The molecule has 2 heterocycles. The van der Waals surface area contributed by atoms with Crippen LogP contribution in [0.15, 0.2) is 16.5 Å². The highest BCUT2D eigenvalue weighted by Gasteiger charge is 2.36. The molecule has 1 saturated heterocycles. The van der Waals surface area contributed by atoms with Gasteiger partial charge in [0, 0.05) is 18.5 Å². The summed E-state index contributed by atoms with van der Waals surface area (Å²) in [4.78, 5) is 2.40. The van der Waals surface area contributed by atoms with Crippen LogP contribution < -0.4 is 5.32 Å². The van der Waals surface area contributed by atoms with Gasteiger partial charge in [-0.15, -0.1) is 0 Å². The van der Waals surface area contributed by atoms with Crippen LogP contribution in [0.25, 0.3) is 0 Å². The zero-order chi connectivity index (χ0) is 11.8. The summed E-state index contributed by atoms with van der Waals surface area (Å²) in [5, 5.41) is 3.41. The first-order valence-electron chi connectivity index (χ1n) is 6.73. The average molecular weight is 234 g/mol. The molecule has 1 aliphatic carbocycles. The van der Waals surface area contributed by atoms with Crippen LogP contribution in [0.1, 0.15) is 37.2 Å². The summed E-state index contributed by atoms with van der Waals surface area (Å²) < 4.78 is 5.95. The molecule has 3 rings (SSSR count). The molecule has 0 amide bonds. The van der Waals surface area contributed by atoms with Crippen LogP contribution in [-0.4, -0.2) is 31.1 Å². The number of rotatable bonds is 4. The van der Waals surface area contributed by atoms with Crippen molar-refractivity contribution < 1.29 is 4.42 Å². The van der Waals surface area contributed by atoms with E-state index in [0.717, 1.165) is 31.3 Å². The molecule has 1 N–H and O–H groups in total. The number of furan rings is 1. The zero-order valence-corrected chi connectivity index (χ0v) is 10.8. The van der Waals surface area contributed by atoms with Crippen molar-refractivity contribution >= 4 is 0 Å². The van der Waals surface area contributed by atoms with Gasteiger partial charge in [-0.05, 0) is 44.5 Å². The van der Waals surface area contributed by atoms with Gasteiger partial charge in [0.25, 0.3) is 0 Å². The summed E-state index contributed by atoms with van der Waals surface area (Å²) >= 11 is 0. The molecule has 94 valence electrons. The normalized spacial score (nSPS) is 32.3. The maximum absolute atomic E-state index is 5.95. The Morgan fingerprint density at radius 3 is 2.94 bits per heavy atom. The largest absolute Gasteiger partial charge is 0.464 e. The molecular formula is C14H22N2O. The second kappa shape index (κ2) is 4.46. The van der Waals surface area contributed by atoms with Gasteiger partial charge >= 0.3 is 0 Å². The lowest BCUT2D eigenvalue weighted by Crippen LogP contribution is -2.32. The Labute approximate surface area is 103 Å². The summed E-state index contributed by atoms with van der Waals surface area (Å²) in [6.07, 6.45) is 2.55. The van der Waals surface area contributed by atoms with Gasteiger partial charge in [-0.3, -0.25) is 4.90 Å². The number of likely N-dealkylation sites (N-methyl/N-ethyl adjacent to an activating group) is 1. The highest BCUT2D eigenvalue weighted by Crippen LogP contribution is 2.47. The van der Waals surface area contributed by atoms with E-state index < -0.39 is 0 Å². The first-order chi connectivity index (χ1) is 8.24. The Morgan fingerprint density at radius 2 is 2.29 bits per heavy atom. The van der Waals surface area contributed by atoms with E-state index in [1.54, 1.807) is 0 Å². The molecule has 17 heavy (non-hydrogen) atoms. The molecule has 1 saturated carbocycles. The molecular weight excluding hydrogens is 212 g/mol. The second-order valence-electron chi connectivity index (χ2n) is 5.69. The van der Waals surface area contributed by atoms with E-state index in [1.807, 2.05) is 0 Å². The maximum Gasteiger partial charge on any atom is 0.118 e. The Kier molecular flexibility index (Phi) is 2.97. The molecule has 2 fully saturated rings. The van der Waals surface area contributed by atoms with Gasteiger partial charge < -0.3 is 9.73 Å². The van der Waals surface area contributed by atoms with Crippen molar-refractivity contribution in [1.82, 2.24) is 10.2 Å². The lowest BCUT2D eigenvalue weighted by atomic mass is 10.2. The van der Waals surface area contributed by atoms with E-state index in [-0.39, 0.29) is 0 Å². The summed E-state index contributed by atoms with van der Waals surface area (Å²) in [5.41, 5.74) is 0. The number of nitrogens with zero attached hydrogens (tertiary/aromatic N) is 1. The summed E-state index contributed by atoms with van der Waals surface area (Å²) in [7, 11) is 2.19. The third-order valence-corrected chi connectivity index (χ3v) is 4.22. The highest BCUT2D eigenvalue weighted by molar-refractivity contribution is 5.17. The molecule has 0 radical (unpaired) electrons. The van der Waals surface area contributed by atoms with E-state index in [2.05, 4.69) is 36.3 Å². The first-order valence-corrected chi connectivity index (χ1v) is 6.73.